The Balaban J connectivity index is 0.00000128. The molecule has 0 aromatic carbocycles. The predicted octanol–water partition coefficient (Wildman–Crippen LogP) is 1.93. The molecule has 0 radical (unpaired) electrons. The molecule has 1 aromatic heterocycles. The maximum atomic E-state index is 11.7. The van der Waals surface area contributed by atoms with Crippen LogP contribution in [0.5, 0.6) is 0 Å². The van der Waals surface area contributed by atoms with Gasteiger partial charge in [0.15, 0.2) is 0 Å². The van der Waals surface area contributed by atoms with Crippen LogP contribution in [0, 0.1) is 0 Å². The summed E-state index contributed by atoms with van der Waals surface area (Å²) in [7, 11) is 0. The molecule has 0 spiro atoms. The minimum atomic E-state index is 0. The van der Waals surface area contributed by atoms with E-state index in [0.29, 0.717) is 6.54 Å². The summed E-state index contributed by atoms with van der Waals surface area (Å²) in [6, 6.07) is 4.07. The molecule has 3 nitrogen and oxygen atoms in total. The van der Waals surface area contributed by atoms with E-state index in [1.54, 1.807) is 11.3 Å². The van der Waals surface area contributed by atoms with E-state index in [-0.39, 0.29) is 24.4 Å². The zero-order chi connectivity index (χ0) is 10.5. The summed E-state index contributed by atoms with van der Waals surface area (Å²) in [6.07, 6.45) is 3.31. The van der Waals surface area contributed by atoms with Crippen molar-refractivity contribution >= 4 is 29.7 Å². The van der Waals surface area contributed by atoms with Crippen LogP contribution < -0.4 is 10.6 Å². The molecule has 1 aliphatic heterocycles. The minimum absolute atomic E-state index is 0. The lowest BCUT2D eigenvalue weighted by molar-refractivity contribution is -0.123. The standard InChI is InChI=1S/C11H16N2OS.ClH/c14-11(10-5-1-2-6-12-10)13-8-9-4-3-7-15-9;/h3-4,7,10,12H,1-2,5-6,8H2,(H,13,14);1H. The third-order valence-electron chi connectivity index (χ3n) is 2.64. The Morgan fingerprint density at radius 1 is 1.56 bits per heavy atom. The molecular formula is C11H17ClN2OS. The van der Waals surface area contributed by atoms with Crippen LogP contribution in [0.3, 0.4) is 0 Å². The molecular weight excluding hydrogens is 244 g/mol. The number of rotatable bonds is 3. The number of hydrogen-bond donors (Lipinski definition) is 2. The summed E-state index contributed by atoms with van der Waals surface area (Å²) in [4.78, 5) is 12.9. The number of carbonyl (C=O) groups excluding carboxylic acids is 1. The van der Waals surface area contributed by atoms with Crippen LogP contribution in [-0.4, -0.2) is 18.5 Å². The first-order chi connectivity index (χ1) is 7.36. The van der Waals surface area contributed by atoms with Crippen LogP contribution >= 0.6 is 23.7 Å². The highest BCUT2D eigenvalue weighted by molar-refractivity contribution is 7.09. The van der Waals surface area contributed by atoms with E-state index >= 15 is 0 Å². The number of nitrogens with one attached hydrogen (secondary N) is 2. The molecule has 0 bridgehead atoms. The highest BCUT2D eigenvalue weighted by Gasteiger charge is 2.19. The van der Waals surface area contributed by atoms with Crippen LogP contribution in [0.15, 0.2) is 17.5 Å². The number of amides is 1. The van der Waals surface area contributed by atoms with Gasteiger partial charge in [0.2, 0.25) is 5.91 Å². The zero-order valence-corrected chi connectivity index (χ0v) is 10.7. The van der Waals surface area contributed by atoms with E-state index < -0.39 is 0 Å². The van der Waals surface area contributed by atoms with Gasteiger partial charge in [0.1, 0.15) is 0 Å². The average molecular weight is 261 g/mol. The van der Waals surface area contributed by atoms with E-state index in [1.165, 1.54) is 11.3 Å². The summed E-state index contributed by atoms with van der Waals surface area (Å²) in [6.45, 7) is 1.63. The van der Waals surface area contributed by atoms with Crippen molar-refractivity contribution in [1.82, 2.24) is 10.6 Å². The molecule has 0 aliphatic carbocycles. The molecule has 2 heterocycles. The van der Waals surface area contributed by atoms with Crippen molar-refractivity contribution in [2.24, 2.45) is 0 Å². The van der Waals surface area contributed by atoms with E-state index in [0.717, 1.165) is 19.4 Å². The summed E-state index contributed by atoms with van der Waals surface area (Å²) in [5.74, 6) is 0.142. The second kappa shape index (κ2) is 6.89. The van der Waals surface area contributed by atoms with Crippen LogP contribution in [0.2, 0.25) is 0 Å². The number of halogens is 1. The maximum absolute atomic E-state index is 11.7. The van der Waals surface area contributed by atoms with E-state index in [2.05, 4.69) is 10.6 Å². The van der Waals surface area contributed by atoms with Crippen molar-refractivity contribution in [2.75, 3.05) is 6.54 Å². The quantitative estimate of drug-likeness (QED) is 0.872. The molecule has 16 heavy (non-hydrogen) atoms. The molecule has 1 aromatic rings. The topological polar surface area (TPSA) is 41.1 Å². The fraction of sp³-hybridized carbons (Fsp3) is 0.545. The minimum Gasteiger partial charge on any atom is -0.350 e. The second-order valence-corrected chi connectivity index (χ2v) is 4.83. The lowest BCUT2D eigenvalue weighted by atomic mass is 10.0. The Morgan fingerprint density at radius 3 is 3.06 bits per heavy atom. The first-order valence-corrected chi connectivity index (χ1v) is 6.28. The van der Waals surface area contributed by atoms with Gasteiger partial charge in [0.05, 0.1) is 12.6 Å². The second-order valence-electron chi connectivity index (χ2n) is 3.80. The first-order valence-electron chi connectivity index (χ1n) is 5.40. The third-order valence-corrected chi connectivity index (χ3v) is 3.52. The van der Waals surface area contributed by atoms with E-state index in [1.807, 2.05) is 17.5 Å². The molecule has 1 aliphatic rings. The monoisotopic (exact) mass is 260 g/mol. The zero-order valence-electron chi connectivity index (χ0n) is 9.07. The van der Waals surface area contributed by atoms with Crippen molar-refractivity contribution in [1.29, 1.82) is 0 Å². The Bertz CT molecular complexity index is 310. The van der Waals surface area contributed by atoms with Crippen LogP contribution in [0.4, 0.5) is 0 Å². The first kappa shape index (κ1) is 13.5. The lowest BCUT2D eigenvalue weighted by Gasteiger charge is -2.22. The summed E-state index contributed by atoms with van der Waals surface area (Å²) >= 11 is 1.68. The van der Waals surface area contributed by atoms with Gasteiger partial charge in [0.25, 0.3) is 0 Å². The molecule has 5 heteroatoms. The summed E-state index contributed by atoms with van der Waals surface area (Å²) in [5, 5.41) is 8.23. The predicted molar refractivity (Wildman–Crippen MR) is 69.1 cm³/mol. The third kappa shape index (κ3) is 3.77. The van der Waals surface area contributed by atoms with Gasteiger partial charge < -0.3 is 10.6 Å². The van der Waals surface area contributed by atoms with Gasteiger partial charge in [-0.25, -0.2) is 0 Å². The summed E-state index contributed by atoms with van der Waals surface area (Å²) in [5.41, 5.74) is 0. The van der Waals surface area contributed by atoms with Gasteiger partial charge in [0, 0.05) is 4.88 Å². The Morgan fingerprint density at radius 2 is 2.44 bits per heavy atom. The van der Waals surface area contributed by atoms with Gasteiger partial charge in [-0.05, 0) is 30.8 Å². The van der Waals surface area contributed by atoms with Gasteiger partial charge in [-0.15, -0.1) is 23.7 Å². The van der Waals surface area contributed by atoms with Crippen LogP contribution in [0.25, 0.3) is 0 Å². The van der Waals surface area contributed by atoms with E-state index in [9.17, 15) is 4.79 Å². The fourth-order valence-corrected chi connectivity index (χ4v) is 2.43. The average Bonchev–Trinajstić information content (AvgIpc) is 2.80. The van der Waals surface area contributed by atoms with Crippen molar-refractivity contribution in [3.8, 4) is 0 Å². The summed E-state index contributed by atoms with van der Waals surface area (Å²) < 4.78 is 0. The van der Waals surface area contributed by atoms with Crippen molar-refractivity contribution in [3.63, 3.8) is 0 Å². The molecule has 1 atom stereocenters. The Hall–Kier alpha value is -0.580. The molecule has 2 rings (SSSR count). The van der Waals surface area contributed by atoms with Crippen molar-refractivity contribution < 1.29 is 4.79 Å². The number of hydrogen-bond acceptors (Lipinski definition) is 3. The lowest BCUT2D eigenvalue weighted by Crippen LogP contribution is -2.46. The SMILES string of the molecule is Cl.O=C(NCc1cccs1)C1CCCCN1. The molecule has 0 saturated carbocycles. The highest BCUT2D eigenvalue weighted by Crippen LogP contribution is 2.09. The van der Waals surface area contributed by atoms with Crippen LogP contribution in [0.1, 0.15) is 24.1 Å². The van der Waals surface area contributed by atoms with Gasteiger partial charge in [-0.3, -0.25) is 4.79 Å². The smallest absolute Gasteiger partial charge is 0.237 e. The number of carbonyl (C=O) groups is 1. The Labute approximate surface area is 106 Å². The molecule has 1 amide bonds. The van der Waals surface area contributed by atoms with Gasteiger partial charge >= 0.3 is 0 Å². The number of piperidine rings is 1. The fourth-order valence-electron chi connectivity index (χ4n) is 1.79. The number of thiophene rings is 1. The van der Waals surface area contributed by atoms with Crippen molar-refractivity contribution in [2.45, 2.75) is 31.8 Å². The van der Waals surface area contributed by atoms with Gasteiger partial charge in [-0.2, -0.15) is 0 Å². The largest absolute Gasteiger partial charge is 0.350 e. The Kier molecular flexibility index (Phi) is 5.80. The highest BCUT2D eigenvalue weighted by atomic mass is 35.5. The van der Waals surface area contributed by atoms with E-state index in [4.69, 9.17) is 0 Å². The molecule has 1 fully saturated rings. The van der Waals surface area contributed by atoms with Gasteiger partial charge in [-0.1, -0.05) is 12.5 Å². The molecule has 2 N–H and O–H groups in total. The van der Waals surface area contributed by atoms with Crippen molar-refractivity contribution in [3.05, 3.63) is 22.4 Å². The molecule has 90 valence electrons. The van der Waals surface area contributed by atoms with Crippen LogP contribution in [-0.2, 0) is 11.3 Å². The molecule has 1 saturated heterocycles. The molecule has 1 unspecified atom stereocenters. The maximum Gasteiger partial charge on any atom is 0.237 e. The normalized spacial score (nSPS) is 19.9.